The molecule has 0 aliphatic carbocycles. The zero-order chi connectivity index (χ0) is 24.2. The number of hydrogen-bond acceptors (Lipinski definition) is 5. The fraction of sp³-hybridized carbons (Fsp3) is 0.360. The fourth-order valence-electron chi connectivity index (χ4n) is 3.97. The highest BCUT2D eigenvalue weighted by atomic mass is 32.2. The molecule has 0 fully saturated rings. The molecule has 0 bridgehead atoms. The van der Waals surface area contributed by atoms with Crippen LogP contribution in [0.4, 0.5) is 0 Å². The number of aliphatic imine (C=N–C) groups is 1. The molecule has 1 aliphatic heterocycles. The summed E-state index contributed by atoms with van der Waals surface area (Å²) in [5, 5.41) is 3.24. The Labute approximate surface area is 196 Å². The van der Waals surface area contributed by atoms with Gasteiger partial charge in [0.05, 0.1) is 11.4 Å². The van der Waals surface area contributed by atoms with Gasteiger partial charge in [0.25, 0.3) is 0 Å². The summed E-state index contributed by atoms with van der Waals surface area (Å²) < 4.78 is 27.3. The van der Waals surface area contributed by atoms with Crippen LogP contribution >= 0.6 is 0 Å². The third-order valence-corrected chi connectivity index (χ3v) is 7.72. The van der Waals surface area contributed by atoms with Crippen LogP contribution in [-0.4, -0.2) is 63.1 Å². The molecule has 7 nitrogen and oxygen atoms in total. The van der Waals surface area contributed by atoms with Crippen LogP contribution in [0.2, 0.25) is 0 Å². The molecule has 0 saturated heterocycles. The molecule has 1 N–H and O–H groups in total. The van der Waals surface area contributed by atoms with E-state index in [2.05, 4.69) is 10.3 Å². The number of aryl methyl sites for hydroxylation is 3. The predicted molar refractivity (Wildman–Crippen MR) is 132 cm³/mol. The Balaban J connectivity index is 1.58. The van der Waals surface area contributed by atoms with Crippen LogP contribution in [0.25, 0.3) is 0 Å². The zero-order valence-electron chi connectivity index (χ0n) is 19.9. The molecule has 0 unspecified atom stereocenters. The average molecular weight is 469 g/mol. The van der Waals surface area contributed by atoms with Crippen LogP contribution in [0.15, 0.2) is 58.4 Å². The van der Waals surface area contributed by atoms with Crippen molar-refractivity contribution in [3.8, 4) is 0 Å². The first-order chi connectivity index (χ1) is 15.6. The van der Waals surface area contributed by atoms with Crippen LogP contribution < -0.4 is 5.32 Å². The Morgan fingerprint density at radius 1 is 1.09 bits per heavy atom. The van der Waals surface area contributed by atoms with E-state index in [4.69, 9.17) is 0 Å². The lowest BCUT2D eigenvalue weighted by atomic mass is 10.1. The molecule has 8 heteroatoms. The minimum Gasteiger partial charge on any atom is -0.368 e. The van der Waals surface area contributed by atoms with Crippen molar-refractivity contribution in [3.05, 3.63) is 76.4 Å². The number of sulfonamides is 1. The largest absolute Gasteiger partial charge is 0.368 e. The van der Waals surface area contributed by atoms with Gasteiger partial charge in [0.15, 0.2) is 0 Å². The van der Waals surface area contributed by atoms with Gasteiger partial charge < -0.3 is 10.2 Å². The summed E-state index contributed by atoms with van der Waals surface area (Å²) in [7, 11) is -0.402. The lowest BCUT2D eigenvalue weighted by Crippen LogP contribution is -2.29. The van der Waals surface area contributed by atoms with Crippen molar-refractivity contribution in [2.75, 3.05) is 33.7 Å². The van der Waals surface area contributed by atoms with Gasteiger partial charge in [-0.25, -0.2) is 8.42 Å². The Hall–Kier alpha value is -2.97. The molecule has 1 heterocycles. The van der Waals surface area contributed by atoms with Crippen LogP contribution in [0.1, 0.15) is 27.8 Å². The van der Waals surface area contributed by atoms with Crippen molar-refractivity contribution in [2.24, 2.45) is 4.99 Å². The molecule has 1 amide bonds. The van der Waals surface area contributed by atoms with Gasteiger partial charge in [-0.3, -0.25) is 9.79 Å². The van der Waals surface area contributed by atoms with Gasteiger partial charge in [-0.1, -0.05) is 48.0 Å². The van der Waals surface area contributed by atoms with Gasteiger partial charge in [-0.2, -0.15) is 4.31 Å². The van der Waals surface area contributed by atoms with E-state index in [1.54, 1.807) is 31.9 Å². The van der Waals surface area contributed by atoms with E-state index < -0.39 is 10.0 Å². The Kier molecular flexibility index (Phi) is 7.71. The second-order valence-electron chi connectivity index (χ2n) is 8.46. The first kappa shape index (κ1) is 24.7. The van der Waals surface area contributed by atoms with Crippen molar-refractivity contribution in [1.29, 1.82) is 0 Å². The van der Waals surface area contributed by atoms with Gasteiger partial charge in [0.1, 0.15) is 5.84 Å². The number of amides is 1. The summed E-state index contributed by atoms with van der Waals surface area (Å²) in [6.45, 7) is 7.78. The maximum absolute atomic E-state index is 13.0. The second kappa shape index (κ2) is 10.3. The number of amidine groups is 1. The number of rotatable bonds is 8. The number of hydrogen-bond donors (Lipinski definition) is 1. The van der Waals surface area contributed by atoms with Gasteiger partial charge in [-0.15, -0.1) is 0 Å². The van der Waals surface area contributed by atoms with Crippen molar-refractivity contribution < 1.29 is 13.2 Å². The summed E-state index contributed by atoms with van der Waals surface area (Å²) in [6.07, 6.45) is 3.01. The van der Waals surface area contributed by atoms with Crippen molar-refractivity contribution >= 4 is 21.8 Å². The van der Waals surface area contributed by atoms with Gasteiger partial charge in [-0.05, 0) is 37.5 Å². The lowest BCUT2D eigenvalue weighted by molar-refractivity contribution is -0.125. The number of likely N-dealkylation sites (N-methyl/N-ethyl adjacent to an activating group) is 2. The number of benzene rings is 2. The maximum Gasteiger partial charge on any atom is 0.246 e. The van der Waals surface area contributed by atoms with Crippen LogP contribution in [-0.2, 0) is 21.4 Å². The highest BCUT2D eigenvalue weighted by molar-refractivity contribution is 7.89. The molecular formula is C25H32N4O3S. The summed E-state index contributed by atoms with van der Waals surface area (Å²) in [5.41, 5.74) is 4.51. The monoisotopic (exact) mass is 468 g/mol. The molecule has 3 rings (SSSR count). The van der Waals surface area contributed by atoms with E-state index in [1.807, 2.05) is 43.3 Å². The zero-order valence-corrected chi connectivity index (χ0v) is 20.7. The fourth-order valence-corrected chi connectivity index (χ4v) is 5.49. The highest BCUT2D eigenvalue weighted by Gasteiger charge is 2.24. The SMILES string of the molecule is Cc1cc(C)c(S(=O)(=O)N(C)CC=CC(=O)N(C)Cc2ccc(C3=NCCN3)cc2)c(C)c1. The van der Waals surface area contributed by atoms with E-state index in [1.165, 1.54) is 17.4 Å². The molecule has 0 aromatic heterocycles. The van der Waals surface area contributed by atoms with E-state index in [0.717, 1.165) is 46.7 Å². The predicted octanol–water partition coefficient (Wildman–Crippen LogP) is 2.80. The molecule has 176 valence electrons. The highest BCUT2D eigenvalue weighted by Crippen LogP contribution is 2.24. The number of nitrogens with zero attached hydrogens (tertiary/aromatic N) is 3. The first-order valence-electron chi connectivity index (χ1n) is 10.9. The third-order valence-electron chi connectivity index (χ3n) is 5.59. The molecule has 2 aromatic rings. The average Bonchev–Trinajstić information content (AvgIpc) is 3.28. The smallest absolute Gasteiger partial charge is 0.246 e. The number of nitrogens with one attached hydrogen (secondary N) is 1. The van der Waals surface area contributed by atoms with Crippen molar-refractivity contribution in [3.63, 3.8) is 0 Å². The number of carbonyl (C=O) groups excluding carboxylic acids is 1. The molecule has 0 spiro atoms. The topological polar surface area (TPSA) is 82.1 Å². The standard InChI is InChI=1S/C25H32N4O3S/c1-18-15-19(2)24(20(3)16-18)33(31,32)29(5)14-6-7-23(30)28(4)17-21-8-10-22(11-9-21)25-26-12-13-27-25/h6-11,15-16H,12-14,17H2,1-5H3,(H,26,27). The molecule has 1 aliphatic rings. The molecular weight excluding hydrogens is 436 g/mol. The van der Waals surface area contributed by atoms with E-state index >= 15 is 0 Å². The van der Waals surface area contributed by atoms with Gasteiger partial charge in [0, 0.05) is 45.4 Å². The number of carbonyl (C=O) groups is 1. The molecule has 0 radical (unpaired) electrons. The van der Waals surface area contributed by atoms with E-state index in [0.29, 0.717) is 11.4 Å². The van der Waals surface area contributed by atoms with Crippen LogP contribution in [0.3, 0.4) is 0 Å². The van der Waals surface area contributed by atoms with Gasteiger partial charge in [0.2, 0.25) is 15.9 Å². The minimum atomic E-state index is -3.65. The molecule has 33 heavy (non-hydrogen) atoms. The van der Waals surface area contributed by atoms with E-state index in [-0.39, 0.29) is 12.5 Å². The Morgan fingerprint density at radius 2 is 1.73 bits per heavy atom. The Bertz CT molecular complexity index is 1160. The molecule has 0 saturated carbocycles. The summed E-state index contributed by atoms with van der Waals surface area (Å²) >= 11 is 0. The van der Waals surface area contributed by atoms with Gasteiger partial charge >= 0.3 is 0 Å². The summed E-state index contributed by atoms with van der Waals surface area (Å²) in [6, 6.07) is 11.7. The minimum absolute atomic E-state index is 0.110. The normalized spacial score (nSPS) is 13.9. The third kappa shape index (κ3) is 5.89. The van der Waals surface area contributed by atoms with Crippen molar-refractivity contribution in [1.82, 2.24) is 14.5 Å². The van der Waals surface area contributed by atoms with E-state index in [9.17, 15) is 13.2 Å². The summed E-state index contributed by atoms with van der Waals surface area (Å²) in [4.78, 5) is 18.8. The molecule has 0 atom stereocenters. The van der Waals surface area contributed by atoms with Crippen LogP contribution in [0.5, 0.6) is 0 Å². The second-order valence-corrected chi connectivity index (χ2v) is 10.4. The maximum atomic E-state index is 13.0. The van der Waals surface area contributed by atoms with Crippen molar-refractivity contribution in [2.45, 2.75) is 32.2 Å². The summed E-state index contributed by atoms with van der Waals surface area (Å²) in [5.74, 6) is 0.721. The molecule has 2 aromatic carbocycles. The first-order valence-corrected chi connectivity index (χ1v) is 12.4. The quantitative estimate of drug-likeness (QED) is 0.604. The van der Waals surface area contributed by atoms with Crippen LogP contribution in [0, 0.1) is 20.8 Å². The Morgan fingerprint density at radius 3 is 2.30 bits per heavy atom. The lowest BCUT2D eigenvalue weighted by Gasteiger charge is -2.19.